The summed E-state index contributed by atoms with van der Waals surface area (Å²) in [6.07, 6.45) is 2.26. The van der Waals surface area contributed by atoms with E-state index in [0.29, 0.717) is 12.4 Å². The van der Waals surface area contributed by atoms with Crippen molar-refractivity contribution in [2.75, 3.05) is 18.9 Å². The lowest BCUT2D eigenvalue weighted by Crippen LogP contribution is -2.47. The highest BCUT2D eigenvalue weighted by atomic mass is 35.5. The lowest BCUT2D eigenvalue weighted by molar-refractivity contribution is -0.00108. The van der Waals surface area contributed by atoms with Gasteiger partial charge in [0.15, 0.2) is 9.84 Å². The van der Waals surface area contributed by atoms with E-state index < -0.39 is 9.84 Å². The quantitative estimate of drug-likeness (QED) is 0.719. The zero-order valence-corrected chi connectivity index (χ0v) is 9.57. The molecule has 0 spiro atoms. The van der Waals surface area contributed by atoms with Crippen LogP contribution in [0, 0.1) is 0 Å². The predicted octanol–water partition coefficient (Wildman–Crippen LogP) is 0.321. The molecule has 84 valence electrons. The Hall–Kier alpha value is 0.160. The number of halogens is 1. The van der Waals surface area contributed by atoms with Gasteiger partial charge in [-0.3, -0.25) is 5.32 Å². The van der Waals surface area contributed by atoms with E-state index in [2.05, 4.69) is 5.32 Å². The van der Waals surface area contributed by atoms with Crippen molar-refractivity contribution in [3.63, 3.8) is 0 Å². The third kappa shape index (κ3) is 2.39. The maximum Gasteiger partial charge on any atom is 0.157 e. The van der Waals surface area contributed by atoms with Crippen LogP contribution in [-0.2, 0) is 14.6 Å². The van der Waals surface area contributed by atoms with Gasteiger partial charge in [-0.05, 0) is 25.8 Å². The zero-order chi connectivity index (χ0) is 9.31. The van der Waals surface area contributed by atoms with E-state index in [1.807, 2.05) is 0 Å². The fourth-order valence-electron chi connectivity index (χ4n) is 1.98. The molecule has 0 bridgehead atoms. The van der Waals surface area contributed by atoms with Crippen LogP contribution in [0.15, 0.2) is 0 Å². The molecule has 0 amide bonds. The molecule has 2 rings (SSSR count). The highest BCUT2D eigenvalue weighted by Crippen LogP contribution is 2.24. The van der Waals surface area contributed by atoms with Crippen molar-refractivity contribution in [2.45, 2.75) is 30.7 Å². The summed E-state index contributed by atoms with van der Waals surface area (Å²) in [6, 6.07) is 0. The fourth-order valence-corrected chi connectivity index (χ4v) is 3.93. The monoisotopic (exact) mass is 241 g/mol. The summed E-state index contributed by atoms with van der Waals surface area (Å²) in [7, 11) is -2.87. The number of sulfone groups is 1. The van der Waals surface area contributed by atoms with E-state index in [-0.39, 0.29) is 23.9 Å². The molecule has 0 aromatic rings. The summed E-state index contributed by atoms with van der Waals surface area (Å²) < 4.78 is 28.5. The average molecular weight is 242 g/mol. The molecule has 2 atom stereocenters. The Morgan fingerprint density at radius 3 is 2.57 bits per heavy atom. The molecule has 0 radical (unpaired) electrons. The summed E-state index contributed by atoms with van der Waals surface area (Å²) in [6.45, 7) is 1.56. The molecule has 6 heteroatoms. The molecule has 4 nitrogen and oxygen atoms in total. The van der Waals surface area contributed by atoms with Gasteiger partial charge in [0.05, 0.1) is 5.75 Å². The van der Waals surface area contributed by atoms with Crippen molar-refractivity contribution in [3.8, 4) is 0 Å². The summed E-state index contributed by atoms with van der Waals surface area (Å²) in [5.41, 5.74) is 0. The predicted molar refractivity (Wildman–Crippen MR) is 56.4 cm³/mol. The van der Waals surface area contributed by atoms with Gasteiger partial charge in [-0.1, -0.05) is 0 Å². The van der Waals surface area contributed by atoms with Crippen molar-refractivity contribution in [2.24, 2.45) is 0 Å². The Morgan fingerprint density at radius 1 is 1.29 bits per heavy atom. The second-order valence-electron chi connectivity index (χ2n) is 3.65. The maximum atomic E-state index is 11.5. The second-order valence-corrected chi connectivity index (χ2v) is 5.99. The van der Waals surface area contributed by atoms with E-state index >= 15 is 0 Å². The van der Waals surface area contributed by atoms with Gasteiger partial charge in [0.25, 0.3) is 0 Å². The molecule has 2 aliphatic heterocycles. The van der Waals surface area contributed by atoms with Gasteiger partial charge in [0, 0.05) is 6.61 Å². The Labute approximate surface area is 90.7 Å². The third-order valence-corrected chi connectivity index (χ3v) is 4.94. The minimum Gasteiger partial charge on any atom is -0.362 e. The SMILES string of the molecule is Cl.O=S1(=O)CCCC1C1NCCCO1. The number of hydrogen-bond donors (Lipinski definition) is 1. The topological polar surface area (TPSA) is 55.4 Å². The first-order valence-corrected chi connectivity index (χ1v) is 6.48. The fraction of sp³-hybridized carbons (Fsp3) is 1.00. The first kappa shape index (κ1) is 12.2. The average Bonchev–Trinajstić information content (AvgIpc) is 2.47. The van der Waals surface area contributed by atoms with Crippen LogP contribution in [0.3, 0.4) is 0 Å². The lowest BCUT2D eigenvalue weighted by Gasteiger charge is -2.28. The largest absolute Gasteiger partial charge is 0.362 e. The highest BCUT2D eigenvalue weighted by molar-refractivity contribution is 7.92. The van der Waals surface area contributed by atoms with E-state index in [9.17, 15) is 8.42 Å². The molecule has 2 aliphatic rings. The summed E-state index contributed by atoms with van der Waals surface area (Å²) in [4.78, 5) is 0. The smallest absolute Gasteiger partial charge is 0.157 e. The number of ether oxygens (including phenoxy) is 1. The van der Waals surface area contributed by atoms with Crippen molar-refractivity contribution >= 4 is 22.2 Å². The highest BCUT2D eigenvalue weighted by Gasteiger charge is 2.38. The van der Waals surface area contributed by atoms with Crippen LogP contribution in [0.25, 0.3) is 0 Å². The Balaban J connectivity index is 0.000000980. The molecule has 14 heavy (non-hydrogen) atoms. The minimum atomic E-state index is -2.87. The van der Waals surface area contributed by atoms with Crippen molar-refractivity contribution in [1.29, 1.82) is 0 Å². The first-order chi connectivity index (χ1) is 6.20. The van der Waals surface area contributed by atoms with E-state index in [1.54, 1.807) is 0 Å². The van der Waals surface area contributed by atoms with Crippen molar-refractivity contribution in [1.82, 2.24) is 5.32 Å². The van der Waals surface area contributed by atoms with E-state index in [0.717, 1.165) is 25.8 Å². The van der Waals surface area contributed by atoms with Gasteiger partial charge in [-0.15, -0.1) is 12.4 Å². The molecule has 0 aromatic carbocycles. The van der Waals surface area contributed by atoms with Gasteiger partial charge in [-0.2, -0.15) is 0 Å². The molecule has 2 saturated heterocycles. The Bertz CT molecular complexity index is 274. The molecule has 2 fully saturated rings. The van der Waals surface area contributed by atoms with Gasteiger partial charge in [0.2, 0.25) is 0 Å². The maximum absolute atomic E-state index is 11.5. The van der Waals surface area contributed by atoms with Gasteiger partial charge in [-0.25, -0.2) is 8.42 Å². The van der Waals surface area contributed by atoms with Crippen LogP contribution in [-0.4, -0.2) is 38.8 Å². The molecule has 0 aromatic heterocycles. The van der Waals surface area contributed by atoms with Crippen molar-refractivity contribution < 1.29 is 13.2 Å². The normalized spacial score (nSPS) is 36.3. The molecule has 2 unspecified atom stereocenters. The van der Waals surface area contributed by atoms with Crippen molar-refractivity contribution in [3.05, 3.63) is 0 Å². The van der Waals surface area contributed by atoms with Gasteiger partial charge < -0.3 is 4.74 Å². The Kier molecular flexibility index (Phi) is 4.18. The Morgan fingerprint density at radius 2 is 2.07 bits per heavy atom. The molecule has 2 heterocycles. The number of nitrogens with one attached hydrogen (secondary N) is 1. The molecular formula is C8H16ClNO3S. The summed E-state index contributed by atoms with van der Waals surface area (Å²) >= 11 is 0. The van der Waals surface area contributed by atoms with Crippen LogP contribution in [0.2, 0.25) is 0 Å². The second kappa shape index (κ2) is 4.79. The number of hydrogen-bond acceptors (Lipinski definition) is 4. The molecular weight excluding hydrogens is 226 g/mol. The van der Waals surface area contributed by atoms with Crippen LogP contribution in [0.4, 0.5) is 0 Å². The number of rotatable bonds is 1. The third-order valence-electron chi connectivity index (χ3n) is 2.68. The minimum absolute atomic E-state index is 0. The van der Waals surface area contributed by atoms with Crippen LogP contribution in [0.5, 0.6) is 0 Å². The summed E-state index contributed by atoms with van der Waals surface area (Å²) in [5, 5.41) is 2.82. The van der Waals surface area contributed by atoms with Crippen LogP contribution in [0.1, 0.15) is 19.3 Å². The van der Waals surface area contributed by atoms with E-state index in [4.69, 9.17) is 4.74 Å². The summed E-state index contributed by atoms with van der Waals surface area (Å²) in [5.74, 6) is 0.333. The molecule has 1 N–H and O–H groups in total. The standard InChI is InChI=1S/C8H15NO3S.ClH/c10-13(11)6-1-3-7(13)8-9-4-2-5-12-8;/h7-9H,1-6H2;1H. The molecule has 0 aliphatic carbocycles. The van der Waals surface area contributed by atoms with Gasteiger partial charge >= 0.3 is 0 Å². The zero-order valence-electron chi connectivity index (χ0n) is 7.94. The van der Waals surface area contributed by atoms with Crippen LogP contribution < -0.4 is 5.32 Å². The van der Waals surface area contributed by atoms with E-state index in [1.165, 1.54) is 0 Å². The lowest BCUT2D eigenvalue weighted by atomic mass is 10.2. The van der Waals surface area contributed by atoms with Gasteiger partial charge in [0.1, 0.15) is 11.5 Å². The first-order valence-electron chi connectivity index (χ1n) is 4.77. The van der Waals surface area contributed by atoms with Crippen LogP contribution >= 0.6 is 12.4 Å². The molecule has 0 saturated carbocycles.